The van der Waals surface area contributed by atoms with E-state index in [2.05, 4.69) is 42.7 Å². The molecule has 0 radical (unpaired) electrons. The van der Waals surface area contributed by atoms with Gasteiger partial charge in [-0.2, -0.15) is 0 Å². The SMILES string of the molecule is CCNC(=NCc1ccc(C)cc1OC1CCOC1)NCC1(CCOC)CCCC1. The van der Waals surface area contributed by atoms with E-state index in [4.69, 9.17) is 19.2 Å². The van der Waals surface area contributed by atoms with Gasteiger partial charge in [0.15, 0.2) is 5.96 Å². The minimum absolute atomic E-state index is 0.143. The Balaban J connectivity index is 1.65. The van der Waals surface area contributed by atoms with Crippen molar-refractivity contribution in [1.82, 2.24) is 10.6 Å². The number of ether oxygens (including phenoxy) is 3. The lowest BCUT2D eigenvalue weighted by atomic mass is 9.83. The Kier molecular flexibility index (Phi) is 8.82. The zero-order chi connectivity index (χ0) is 21.2. The molecule has 1 heterocycles. The number of benzene rings is 1. The molecule has 2 N–H and O–H groups in total. The predicted octanol–water partition coefficient (Wildman–Crippen LogP) is 3.81. The summed E-state index contributed by atoms with van der Waals surface area (Å²) in [6.07, 6.45) is 7.36. The zero-order valence-electron chi connectivity index (χ0n) is 19.0. The fourth-order valence-electron chi connectivity index (χ4n) is 4.42. The van der Waals surface area contributed by atoms with E-state index < -0.39 is 0 Å². The molecule has 2 aliphatic rings. The van der Waals surface area contributed by atoms with Crippen LogP contribution in [-0.2, 0) is 16.0 Å². The summed E-state index contributed by atoms with van der Waals surface area (Å²) >= 11 is 0. The number of nitrogens with zero attached hydrogens (tertiary/aromatic N) is 1. The molecular formula is C24H39N3O3. The lowest BCUT2D eigenvalue weighted by Crippen LogP contribution is -2.43. The van der Waals surface area contributed by atoms with Gasteiger partial charge in [0.2, 0.25) is 0 Å². The molecule has 3 rings (SSSR count). The van der Waals surface area contributed by atoms with E-state index in [9.17, 15) is 0 Å². The molecule has 168 valence electrons. The standard InChI is InChI=1S/C24H39N3O3/c1-4-25-23(27-18-24(12-14-28-3)10-5-6-11-24)26-16-20-8-7-19(2)15-22(20)30-21-9-13-29-17-21/h7-8,15,21H,4-6,9-14,16-18H2,1-3H3,(H2,25,26,27). The van der Waals surface area contributed by atoms with Crippen molar-refractivity contribution >= 4 is 5.96 Å². The number of aryl methyl sites for hydroxylation is 1. The van der Waals surface area contributed by atoms with Crippen LogP contribution in [0.3, 0.4) is 0 Å². The van der Waals surface area contributed by atoms with Crippen molar-refractivity contribution in [1.29, 1.82) is 0 Å². The van der Waals surface area contributed by atoms with Gasteiger partial charge >= 0.3 is 0 Å². The van der Waals surface area contributed by atoms with Crippen LogP contribution in [-0.4, -0.2) is 52.1 Å². The molecular weight excluding hydrogens is 378 g/mol. The summed E-state index contributed by atoms with van der Waals surface area (Å²) < 4.78 is 17.1. The molecule has 0 bridgehead atoms. The van der Waals surface area contributed by atoms with Gasteiger partial charge in [0.1, 0.15) is 11.9 Å². The molecule has 1 aliphatic heterocycles. The van der Waals surface area contributed by atoms with Gasteiger partial charge < -0.3 is 24.8 Å². The maximum atomic E-state index is 6.23. The van der Waals surface area contributed by atoms with Crippen molar-refractivity contribution < 1.29 is 14.2 Å². The molecule has 1 atom stereocenters. The summed E-state index contributed by atoms with van der Waals surface area (Å²) in [6.45, 7) is 8.85. The van der Waals surface area contributed by atoms with E-state index in [1.165, 1.54) is 31.2 Å². The Hall–Kier alpha value is -1.79. The van der Waals surface area contributed by atoms with Gasteiger partial charge in [-0.25, -0.2) is 4.99 Å². The third-order valence-electron chi connectivity index (χ3n) is 6.29. The van der Waals surface area contributed by atoms with Gasteiger partial charge in [0.25, 0.3) is 0 Å². The summed E-state index contributed by atoms with van der Waals surface area (Å²) in [5.41, 5.74) is 2.63. The molecule has 1 aromatic rings. The fraction of sp³-hybridized carbons (Fsp3) is 0.708. The van der Waals surface area contributed by atoms with Crippen LogP contribution >= 0.6 is 0 Å². The number of hydrogen-bond donors (Lipinski definition) is 2. The van der Waals surface area contributed by atoms with E-state index in [0.717, 1.165) is 56.4 Å². The molecule has 0 spiro atoms. The van der Waals surface area contributed by atoms with E-state index in [1.807, 2.05) is 0 Å². The second-order valence-electron chi connectivity index (χ2n) is 8.71. The highest BCUT2D eigenvalue weighted by Gasteiger charge is 2.33. The van der Waals surface area contributed by atoms with Crippen LogP contribution in [0.1, 0.15) is 56.6 Å². The van der Waals surface area contributed by atoms with E-state index in [-0.39, 0.29) is 6.10 Å². The first-order valence-electron chi connectivity index (χ1n) is 11.5. The summed E-state index contributed by atoms with van der Waals surface area (Å²) in [5.74, 6) is 1.80. The van der Waals surface area contributed by atoms with Gasteiger partial charge in [-0.3, -0.25) is 0 Å². The van der Waals surface area contributed by atoms with Crippen LogP contribution in [0.5, 0.6) is 5.75 Å². The zero-order valence-corrected chi connectivity index (χ0v) is 19.0. The van der Waals surface area contributed by atoms with Crippen molar-refractivity contribution in [3.05, 3.63) is 29.3 Å². The van der Waals surface area contributed by atoms with Crippen LogP contribution in [0.25, 0.3) is 0 Å². The molecule has 1 aromatic carbocycles. The largest absolute Gasteiger partial charge is 0.488 e. The Morgan fingerprint density at radius 3 is 2.80 bits per heavy atom. The second-order valence-corrected chi connectivity index (χ2v) is 8.71. The van der Waals surface area contributed by atoms with Gasteiger partial charge in [0.05, 0.1) is 19.8 Å². The van der Waals surface area contributed by atoms with Crippen LogP contribution in [0.4, 0.5) is 0 Å². The van der Waals surface area contributed by atoms with Crippen LogP contribution in [0, 0.1) is 12.3 Å². The maximum Gasteiger partial charge on any atom is 0.191 e. The number of guanidine groups is 1. The van der Waals surface area contributed by atoms with Crippen molar-refractivity contribution in [2.24, 2.45) is 10.4 Å². The lowest BCUT2D eigenvalue weighted by molar-refractivity contribution is 0.138. The maximum absolute atomic E-state index is 6.23. The number of rotatable bonds is 10. The first kappa shape index (κ1) is 22.9. The van der Waals surface area contributed by atoms with Crippen molar-refractivity contribution in [3.8, 4) is 5.75 Å². The van der Waals surface area contributed by atoms with Gasteiger partial charge in [-0.1, -0.05) is 25.0 Å². The van der Waals surface area contributed by atoms with Crippen LogP contribution in [0.2, 0.25) is 0 Å². The summed E-state index contributed by atoms with van der Waals surface area (Å²) in [5, 5.41) is 7.01. The van der Waals surface area contributed by atoms with Crippen LogP contribution < -0.4 is 15.4 Å². The third-order valence-corrected chi connectivity index (χ3v) is 6.29. The minimum Gasteiger partial charge on any atom is -0.488 e. The number of methoxy groups -OCH3 is 1. The highest BCUT2D eigenvalue weighted by molar-refractivity contribution is 5.79. The summed E-state index contributed by atoms with van der Waals surface area (Å²) in [7, 11) is 1.79. The Morgan fingerprint density at radius 1 is 1.27 bits per heavy atom. The van der Waals surface area contributed by atoms with Gasteiger partial charge in [0, 0.05) is 38.8 Å². The molecule has 30 heavy (non-hydrogen) atoms. The van der Waals surface area contributed by atoms with Gasteiger partial charge in [-0.15, -0.1) is 0 Å². The Morgan fingerprint density at radius 2 is 2.10 bits per heavy atom. The molecule has 2 fully saturated rings. The second kappa shape index (κ2) is 11.6. The first-order valence-corrected chi connectivity index (χ1v) is 11.5. The number of aliphatic imine (C=N–C) groups is 1. The molecule has 1 unspecified atom stereocenters. The predicted molar refractivity (Wildman–Crippen MR) is 121 cm³/mol. The van der Waals surface area contributed by atoms with E-state index >= 15 is 0 Å². The van der Waals surface area contributed by atoms with Gasteiger partial charge in [-0.05, 0) is 50.2 Å². The molecule has 1 aliphatic carbocycles. The minimum atomic E-state index is 0.143. The number of hydrogen-bond acceptors (Lipinski definition) is 4. The first-order chi connectivity index (χ1) is 14.6. The van der Waals surface area contributed by atoms with Crippen LogP contribution in [0.15, 0.2) is 23.2 Å². The summed E-state index contributed by atoms with van der Waals surface area (Å²) in [4.78, 5) is 4.87. The fourth-order valence-corrected chi connectivity index (χ4v) is 4.42. The Bertz CT molecular complexity index is 680. The molecule has 0 aromatic heterocycles. The molecule has 1 saturated heterocycles. The highest BCUT2D eigenvalue weighted by atomic mass is 16.5. The van der Waals surface area contributed by atoms with Crippen molar-refractivity contribution in [2.75, 3.05) is 40.0 Å². The molecule has 0 amide bonds. The lowest BCUT2D eigenvalue weighted by Gasteiger charge is -2.30. The number of nitrogens with one attached hydrogen (secondary N) is 2. The van der Waals surface area contributed by atoms with E-state index in [0.29, 0.717) is 18.6 Å². The normalized spacial score (nSPS) is 21.0. The third kappa shape index (κ3) is 6.61. The van der Waals surface area contributed by atoms with Crippen molar-refractivity contribution in [3.63, 3.8) is 0 Å². The Labute approximate surface area is 181 Å². The van der Waals surface area contributed by atoms with Crippen molar-refractivity contribution in [2.45, 2.75) is 65.0 Å². The molecule has 6 nitrogen and oxygen atoms in total. The molecule has 1 saturated carbocycles. The quantitative estimate of drug-likeness (QED) is 0.448. The van der Waals surface area contributed by atoms with E-state index in [1.54, 1.807) is 7.11 Å². The molecule has 6 heteroatoms. The highest BCUT2D eigenvalue weighted by Crippen LogP contribution is 2.40. The monoisotopic (exact) mass is 417 g/mol. The smallest absolute Gasteiger partial charge is 0.191 e. The average Bonchev–Trinajstić information content (AvgIpc) is 3.42. The topological polar surface area (TPSA) is 64.1 Å². The summed E-state index contributed by atoms with van der Waals surface area (Å²) in [6, 6.07) is 6.37. The average molecular weight is 418 g/mol.